The van der Waals surface area contributed by atoms with E-state index in [0.29, 0.717) is 5.78 Å². The molecule has 1 atom stereocenters. The predicted molar refractivity (Wildman–Crippen MR) is 109 cm³/mol. The first kappa shape index (κ1) is 21.2. The highest BCUT2D eigenvalue weighted by Crippen LogP contribution is 2.38. The summed E-state index contributed by atoms with van der Waals surface area (Å²) in [5.41, 5.74) is 4.80. The maximum Gasteiger partial charge on any atom is 0.171 e. The summed E-state index contributed by atoms with van der Waals surface area (Å²) in [7, 11) is 3.86. The molecule has 1 unspecified atom stereocenters. The SMILES string of the molecule is COc1ccc(C(=O)C(C)C[NH+]2CCCCC2)c2c3c(n(C)c12)CCCC3.[Cl-]. The van der Waals surface area contributed by atoms with Gasteiger partial charge >= 0.3 is 0 Å². The second-order valence-corrected chi connectivity index (χ2v) is 8.51. The van der Waals surface area contributed by atoms with Crippen molar-refractivity contribution < 1.29 is 26.8 Å². The number of halogens is 1. The van der Waals surface area contributed by atoms with Crippen molar-refractivity contribution in [1.82, 2.24) is 4.57 Å². The van der Waals surface area contributed by atoms with Gasteiger partial charge in [0.25, 0.3) is 0 Å². The van der Waals surface area contributed by atoms with E-state index < -0.39 is 0 Å². The van der Waals surface area contributed by atoms with E-state index in [2.05, 4.69) is 18.5 Å². The number of rotatable bonds is 5. The molecule has 5 heteroatoms. The summed E-state index contributed by atoms with van der Waals surface area (Å²) in [6.07, 6.45) is 8.57. The second kappa shape index (κ2) is 8.87. The smallest absolute Gasteiger partial charge is 0.171 e. The number of likely N-dealkylation sites (tertiary alicyclic amines) is 1. The molecule has 4 nitrogen and oxygen atoms in total. The lowest BCUT2D eigenvalue weighted by atomic mass is 9.90. The van der Waals surface area contributed by atoms with E-state index in [1.54, 1.807) is 12.0 Å². The molecule has 2 heterocycles. The highest BCUT2D eigenvalue weighted by atomic mass is 35.5. The summed E-state index contributed by atoms with van der Waals surface area (Å²) >= 11 is 0. The lowest BCUT2D eigenvalue weighted by Gasteiger charge is -2.26. The molecule has 1 saturated heterocycles. The van der Waals surface area contributed by atoms with Gasteiger partial charge in [-0.2, -0.15) is 0 Å². The summed E-state index contributed by atoms with van der Waals surface area (Å²) in [5.74, 6) is 1.25. The van der Waals surface area contributed by atoms with Crippen LogP contribution in [0.3, 0.4) is 0 Å². The number of piperidine rings is 1. The molecule has 0 spiro atoms. The lowest BCUT2D eigenvalue weighted by Crippen LogP contribution is -3.13. The van der Waals surface area contributed by atoms with Gasteiger partial charge in [-0.3, -0.25) is 4.79 Å². The van der Waals surface area contributed by atoms with E-state index in [1.807, 2.05) is 12.1 Å². The highest BCUT2D eigenvalue weighted by molar-refractivity contribution is 6.11. The van der Waals surface area contributed by atoms with E-state index >= 15 is 0 Å². The average molecular weight is 405 g/mol. The van der Waals surface area contributed by atoms with E-state index in [4.69, 9.17) is 4.74 Å². The van der Waals surface area contributed by atoms with Crippen molar-refractivity contribution in [2.45, 2.75) is 51.9 Å². The zero-order chi connectivity index (χ0) is 19.0. The molecular weight excluding hydrogens is 372 g/mol. The van der Waals surface area contributed by atoms with Crippen LogP contribution in [0.15, 0.2) is 12.1 Å². The van der Waals surface area contributed by atoms with Crippen LogP contribution in [-0.4, -0.2) is 37.1 Å². The fraction of sp³-hybridized carbons (Fsp3) is 0.609. The number of nitrogens with zero attached hydrogens (tertiary/aromatic N) is 1. The Labute approximate surface area is 174 Å². The minimum Gasteiger partial charge on any atom is -1.00 e. The first-order valence-electron chi connectivity index (χ1n) is 10.7. The van der Waals surface area contributed by atoms with Crippen LogP contribution in [0.1, 0.15) is 60.6 Å². The van der Waals surface area contributed by atoms with Gasteiger partial charge in [-0.15, -0.1) is 0 Å². The molecule has 0 amide bonds. The van der Waals surface area contributed by atoms with Crippen LogP contribution in [0.5, 0.6) is 5.75 Å². The Morgan fingerprint density at radius 1 is 1.14 bits per heavy atom. The second-order valence-electron chi connectivity index (χ2n) is 8.51. The first-order valence-corrected chi connectivity index (χ1v) is 10.7. The molecule has 2 aliphatic rings. The minimum absolute atomic E-state index is 0. The third-order valence-corrected chi connectivity index (χ3v) is 6.71. The molecule has 1 N–H and O–H groups in total. The Morgan fingerprint density at radius 2 is 1.86 bits per heavy atom. The average Bonchev–Trinajstić information content (AvgIpc) is 3.01. The summed E-state index contributed by atoms with van der Waals surface area (Å²) in [6, 6.07) is 4.00. The summed E-state index contributed by atoms with van der Waals surface area (Å²) in [4.78, 5) is 15.1. The summed E-state index contributed by atoms with van der Waals surface area (Å²) < 4.78 is 7.94. The molecule has 1 fully saturated rings. The van der Waals surface area contributed by atoms with Crippen LogP contribution in [0.2, 0.25) is 0 Å². The molecule has 154 valence electrons. The Kier molecular flexibility index (Phi) is 6.72. The number of nitrogens with one attached hydrogen (secondary N) is 1. The molecule has 2 aromatic rings. The molecule has 1 aliphatic carbocycles. The van der Waals surface area contributed by atoms with Crippen molar-refractivity contribution in [1.29, 1.82) is 0 Å². The topological polar surface area (TPSA) is 35.7 Å². The van der Waals surface area contributed by atoms with Gasteiger partial charge in [-0.05, 0) is 69.6 Å². The van der Waals surface area contributed by atoms with Crippen LogP contribution >= 0.6 is 0 Å². The highest BCUT2D eigenvalue weighted by Gasteiger charge is 2.28. The number of hydrogen-bond donors (Lipinski definition) is 1. The number of hydrogen-bond acceptors (Lipinski definition) is 2. The number of methoxy groups -OCH3 is 1. The number of aromatic nitrogens is 1. The van der Waals surface area contributed by atoms with Crippen LogP contribution in [0.4, 0.5) is 0 Å². The van der Waals surface area contributed by atoms with Gasteiger partial charge in [0, 0.05) is 23.7 Å². The van der Waals surface area contributed by atoms with Crippen LogP contribution < -0.4 is 22.0 Å². The van der Waals surface area contributed by atoms with Crippen LogP contribution in [0.25, 0.3) is 10.9 Å². The zero-order valence-corrected chi connectivity index (χ0v) is 18.2. The molecule has 1 aliphatic heterocycles. The predicted octanol–water partition coefficient (Wildman–Crippen LogP) is -0.0427. The first-order chi connectivity index (χ1) is 13.1. The Bertz CT molecular complexity index is 852. The van der Waals surface area contributed by atoms with E-state index in [-0.39, 0.29) is 18.3 Å². The number of ketones is 1. The molecule has 28 heavy (non-hydrogen) atoms. The van der Waals surface area contributed by atoms with Crippen molar-refractivity contribution in [3.8, 4) is 5.75 Å². The molecule has 1 aromatic carbocycles. The van der Waals surface area contributed by atoms with Gasteiger partial charge in [0.2, 0.25) is 0 Å². The number of quaternary nitrogens is 1. The van der Waals surface area contributed by atoms with E-state index in [9.17, 15) is 4.79 Å². The van der Waals surface area contributed by atoms with Crippen molar-refractivity contribution in [2.24, 2.45) is 13.0 Å². The standard InChI is InChI=1S/C23H32N2O2.ClH/c1-16(15-25-13-7-4-8-14-25)23(26)18-11-12-20(27-3)22-21(18)17-9-5-6-10-19(17)24(22)2;/h11-12,16H,4-10,13-15H2,1-3H3;1H. The third-order valence-electron chi connectivity index (χ3n) is 6.71. The Hall–Kier alpha value is -1.52. The molecule has 0 bridgehead atoms. The Morgan fingerprint density at radius 3 is 2.57 bits per heavy atom. The quantitative estimate of drug-likeness (QED) is 0.710. The number of benzene rings is 1. The van der Waals surface area contributed by atoms with Gasteiger partial charge in [-0.25, -0.2) is 0 Å². The summed E-state index contributed by atoms with van der Waals surface area (Å²) in [6.45, 7) is 5.52. The van der Waals surface area contributed by atoms with E-state index in [0.717, 1.165) is 41.6 Å². The van der Waals surface area contributed by atoms with Crippen molar-refractivity contribution in [2.75, 3.05) is 26.7 Å². The molecule has 0 radical (unpaired) electrons. The van der Waals surface area contributed by atoms with Gasteiger partial charge in [0.15, 0.2) is 5.78 Å². The normalized spacial score (nSPS) is 18.4. The van der Waals surface area contributed by atoms with Gasteiger partial charge in [-0.1, -0.05) is 0 Å². The maximum atomic E-state index is 13.5. The molecular formula is C23H33ClN2O2. The van der Waals surface area contributed by atoms with Crippen molar-refractivity contribution in [3.63, 3.8) is 0 Å². The van der Waals surface area contributed by atoms with Crippen molar-refractivity contribution in [3.05, 3.63) is 29.0 Å². The monoisotopic (exact) mass is 404 g/mol. The zero-order valence-electron chi connectivity index (χ0n) is 17.4. The number of Topliss-reactive ketones (excluding diaryl/α,β-unsaturated/α-hetero) is 1. The van der Waals surface area contributed by atoms with Crippen LogP contribution in [0, 0.1) is 5.92 Å². The number of carbonyl (C=O) groups excluding carboxylic acids is 1. The van der Waals surface area contributed by atoms with Gasteiger partial charge in [0.1, 0.15) is 5.75 Å². The molecule has 0 saturated carbocycles. The van der Waals surface area contributed by atoms with Crippen molar-refractivity contribution >= 4 is 16.7 Å². The fourth-order valence-electron chi connectivity index (χ4n) is 5.29. The maximum absolute atomic E-state index is 13.5. The lowest BCUT2D eigenvalue weighted by molar-refractivity contribution is -0.906. The molecule has 4 rings (SSSR count). The molecule has 1 aromatic heterocycles. The largest absolute Gasteiger partial charge is 1.00 e. The minimum atomic E-state index is 0. The van der Waals surface area contributed by atoms with Gasteiger partial charge < -0.3 is 26.6 Å². The Balaban J connectivity index is 0.00000225. The summed E-state index contributed by atoms with van der Waals surface area (Å²) in [5, 5.41) is 1.16. The number of aryl methyl sites for hydroxylation is 2. The van der Waals surface area contributed by atoms with E-state index in [1.165, 1.54) is 56.5 Å². The third kappa shape index (κ3) is 3.69. The van der Waals surface area contributed by atoms with Gasteiger partial charge in [0.05, 0.1) is 38.2 Å². The fourth-order valence-corrected chi connectivity index (χ4v) is 5.29. The van der Waals surface area contributed by atoms with Crippen LogP contribution in [-0.2, 0) is 19.9 Å². The number of ether oxygens (including phenoxy) is 1. The number of carbonyl (C=O) groups is 1. The number of fused-ring (bicyclic) bond motifs is 3.